The molecule has 0 spiro atoms. The van der Waals surface area contributed by atoms with E-state index in [9.17, 15) is 14.4 Å². The molecule has 0 radical (unpaired) electrons. The van der Waals surface area contributed by atoms with Crippen LogP contribution in [0.15, 0.2) is 10.2 Å². The van der Waals surface area contributed by atoms with Crippen LogP contribution in [0.5, 0.6) is 0 Å². The van der Waals surface area contributed by atoms with E-state index < -0.39 is 17.4 Å². The van der Waals surface area contributed by atoms with Crippen LogP contribution in [-0.4, -0.2) is 27.6 Å². The predicted octanol–water partition coefficient (Wildman–Crippen LogP) is 1.61. The molecule has 0 aliphatic carbocycles. The largest absolute Gasteiger partial charge is 0.480 e. The van der Waals surface area contributed by atoms with Gasteiger partial charge in [0.25, 0.3) is 0 Å². The zero-order valence-corrected chi connectivity index (χ0v) is 13.6. The van der Waals surface area contributed by atoms with E-state index in [1.54, 1.807) is 30.7 Å². The average molecular weight is 314 g/mol. The van der Waals surface area contributed by atoms with Crippen molar-refractivity contribution < 1.29 is 14.7 Å². The third kappa shape index (κ3) is 5.00. The van der Waals surface area contributed by atoms with Crippen molar-refractivity contribution in [2.45, 2.75) is 53.1 Å². The molecular formula is C14H22N2O4S. The van der Waals surface area contributed by atoms with Gasteiger partial charge in [-0.2, -0.15) is 0 Å². The second kappa shape index (κ2) is 6.89. The van der Waals surface area contributed by atoms with E-state index >= 15 is 0 Å². The van der Waals surface area contributed by atoms with Gasteiger partial charge in [0.1, 0.15) is 6.04 Å². The molecule has 0 aliphatic heterocycles. The molecular weight excluding hydrogens is 292 g/mol. The number of aryl methyl sites for hydroxylation is 1. The molecule has 0 saturated carbocycles. The summed E-state index contributed by atoms with van der Waals surface area (Å²) in [4.78, 5) is 34.5. The number of carboxylic acids is 1. The highest BCUT2D eigenvalue weighted by atomic mass is 32.1. The third-order valence-electron chi connectivity index (χ3n) is 3.18. The van der Waals surface area contributed by atoms with Gasteiger partial charge in [-0.25, -0.2) is 4.79 Å². The van der Waals surface area contributed by atoms with Crippen molar-refractivity contribution >= 4 is 23.2 Å². The van der Waals surface area contributed by atoms with E-state index in [4.69, 9.17) is 5.11 Å². The molecule has 1 amide bonds. The lowest BCUT2D eigenvalue weighted by Crippen LogP contribution is -2.49. The Morgan fingerprint density at radius 2 is 2.05 bits per heavy atom. The van der Waals surface area contributed by atoms with E-state index in [-0.39, 0.29) is 17.2 Å². The van der Waals surface area contributed by atoms with Crippen molar-refractivity contribution in [1.82, 2.24) is 9.88 Å². The van der Waals surface area contributed by atoms with Crippen LogP contribution in [0.25, 0.3) is 0 Å². The van der Waals surface area contributed by atoms with Gasteiger partial charge >= 0.3 is 10.8 Å². The Morgan fingerprint density at radius 3 is 2.48 bits per heavy atom. The predicted molar refractivity (Wildman–Crippen MR) is 81.6 cm³/mol. The SMILES string of the molecule is Cc1csc(=O)n1CCCC(=O)N[C@H](C(=O)O)C(C)(C)C. The van der Waals surface area contributed by atoms with Crippen molar-refractivity contribution in [3.8, 4) is 0 Å². The first-order valence-electron chi connectivity index (χ1n) is 6.80. The van der Waals surface area contributed by atoms with Crippen LogP contribution in [0, 0.1) is 12.3 Å². The Kier molecular flexibility index (Phi) is 5.71. The molecule has 0 unspecified atom stereocenters. The van der Waals surface area contributed by atoms with Crippen molar-refractivity contribution in [1.29, 1.82) is 0 Å². The minimum atomic E-state index is -1.04. The highest BCUT2D eigenvalue weighted by molar-refractivity contribution is 7.07. The molecule has 7 heteroatoms. The number of hydrogen-bond acceptors (Lipinski definition) is 4. The van der Waals surface area contributed by atoms with E-state index in [1.807, 2.05) is 6.92 Å². The maximum Gasteiger partial charge on any atom is 0.326 e. The molecule has 1 aromatic heterocycles. The minimum absolute atomic E-state index is 0.0361. The number of hydrogen-bond donors (Lipinski definition) is 2. The van der Waals surface area contributed by atoms with Gasteiger partial charge in [-0.05, 0) is 18.8 Å². The number of nitrogens with zero attached hydrogens (tertiary/aromatic N) is 1. The summed E-state index contributed by atoms with van der Waals surface area (Å²) in [5.41, 5.74) is 0.325. The number of carbonyl (C=O) groups is 2. The first kappa shape index (κ1) is 17.4. The second-order valence-electron chi connectivity index (χ2n) is 6.10. The van der Waals surface area contributed by atoms with Gasteiger partial charge in [-0.3, -0.25) is 9.59 Å². The van der Waals surface area contributed by atoms with Crippen LogP contribution < -0.4 is 10.2 Å². The zero-order valence-electron chi connectivity index (χ0n) is 12.8. The molecule has 0 bridgehead atoms. The summed E-state index contributed by atoms with van der Waals surface area (Å²) in [7, 11) is 0. The number of carboxylic acid groups (broad SMARTS) is 1. The monoisotopic (exact) mass is 314 g/mol. The molecule has 1 aromatic rings. The highest BCUT2D eigenvalue weighted by Gasteiger charge is 2.32. The smallest absolute Gasteiger partial charge is 0.326 e. The number of aliphatic carboxylic acids is 1. The first-order valence-corrected chi connectivity index (χ1v) is 7.68. The van der Waals surface area contributed by atoms with Crippen molar-refractivity contribution in [3.63, 3.8) is 0 Å². The van der Waals surface area contributed by atoms with E-state index in [0.29, 0.717) is 13.0 Å². The summed E-state index contributed by atoms with van der Waals surface area (Å²) in [5.74, 6) is -1.35. The zero-order chi connectivity index (χ0) is 16.2. The molecule has 1 atom stereocenters. The van der Waals surface area contributed by atoms with Gasteiger partial charge in [-0.15, -0.1) is 0 Å². The number of aromatic nitrogens is 1. The van der Waals surface area contributed by atoms with Crippen LogP contribution in [0.1, 0.15) is 39.3 Å². The quantitative estimate of drug-likeness (QED) is 0.835. The number of thiazole rings is 1. The summed E-state index contributed by atoms with van der Waals surface area (Å²) < 4.78 is 1.62. The van der Waals surface area contributed by atoms with Crippen LogP contribution >= 0.6 is 11.3 Å². The summed E-state index contributed by atoms with van der Waals surface area (Å²) >= 11 is 1.14. The minimum Gasteiger partial charge on any atom is -0.480 e. The number of nitrogens with one attached hydrogen (secondary N) is 1. The lowest BCUT2D eigenvalue weighted by molar-refractivity contribution is -0.145. The standard InChI is InChI=1S/C14H22N2O4S/c1-9-8-21-13(20)16(9)7-5-6-10(17)15-11(12(18)19)14(2,3)4/h8,11H,5-7H2,1-4H3,(H,15,17)(H,18,19)/t11-/m1/s1. The molecule has 118 valence electrons. The molecule has 0 aliphatic rings. The Balaban J connectivity index is 2.51. The summed E-state index contributed by atoms with van der Waals surface area (Å²) in [6.45, 7) is 7.61. The van der Waals surface area contributed by atoms with E-state index in [2.05, 4.69) is 5.32 Å². The average Bonchev–Trinajstić information content (AvgIpc) is 2.65. The second-order valence-corrected chi connectivity index (χ2v) is 6.92. The summed E-state index contributed by atoms with van der Waals surface area (Å²) in [5, 5.41) is 13.5. The lowest BCUT2D eigenvalue weighted by Gasteiger charge is -2.27. The third-order valence-corrected chi connectivity index (χ3v) is 4.06. The van der Waals surface area contributed by atoms with Crippen LogP contribution in [0.2, 0.25) is 0 Å². The van der Waals surface area contributed by atoms with Crippen molar-refractivity contribution in [3.05, 3.63) is 20.7 Å². The maximum atomic E-state index is 11.8. The molecule has 2 N–H and O–H groups in total. The van der Waals surface area contributed by atoms with Crippen LogP contribution in [0.4, 0.5) is 0 Å². The van der Waals surface area contributed by atoms with Gasteiger partial charge in [0.05, 0.1) is 0 Å². The fourth-order valence-corrected chi connectivity index (χ4v) is 2.72. The summed E-state index contributed by atoms with van der Waals surface area (Å²) in [6.07, 6.45) is 0.696. The Bertz CT molecular complexity index is 568. The molecule has 0 saturated heterocycles. The Hall–Kier alpha value is -1.63. The highest BCUT2D eigenvalue weighted by Crippen LogP contribution is 2.19. The van der Waals surface area contributed by atoms with Gasteiger partial charge in [0.2, 0.25) is 5.91 Å². The molecule has 21 heavy (non-hydrogen) atoms. The Labute approximate surface area is 127 Å². The first-order chi connectivity index (χ1) is 9.62. The fraction of sp³-hybridized carbons (Fsp3) is 0.643. The maximum absolute atomic E-state index is 11.8. The number of carbonyl (C=O) groups excluding carboxylic acids is 1. The van der Waals surface area contributed by atoms with Gasteiger partial charge < -0.3 is 15.0 Å². The van der Waals surface area contributed by atoms with Gasteiger partial charge in [-0.1, -0.05) is 32.1 Å². The van der Waals surface area contributed by atoms with Crippen molar-refractivity contribution in [2.24, 2.45) is 5.41 Å². The van der Waals surface area contributed by atoms with Crippen LogP contribution in [0.3, 0.4) is 0 Å². The summed E-state index contributed by atoms with van der Waals surface area (Å²) in [6, 6.07) is -0.921. The molecule has 1 rings (SSSR count). The Morgan fingerprint density at radius 1 is 1.43 bits per heavy atom. The lowest BCUT2D eigenvalue weighted by atomic mass is 9.86. The van der Waals surface area contributed by atoms with Gasteiger partial charge in [0, 0.05) is 24.0 Å². The fourth-order valence-electron chi connectivity index (χ4n) is 1.95. The molecule has 6 nitrogen and oxygen atoms in total. The van der Waals surface area contributed by atoms with Crippen molar-refractivity contribution in [2.75, 3.05) is 0 Å². The number of amides is 1. The van der Waals surface area contributed by atoms with Gasteiger partial charge in [0.15, 0.2) is 0 Å². The molecule has 1 heterocycles. The normalized spacial score (nSPS) is 13.0. The topological polar surface area (TPSA) is 88.4 Å². The van der Waals surface area contributed by atoms with E-state index in [0.717, 1.165) is 17.0 Å². The number of rotatable bonds is 6. The molecule has 0 aromatic carbocycles. The van der Waals surface area contributed by atoms with Crippen LogP contribution in [-0.2, 0) is 16.1 Å². The van der Waals surface area contributed by atoms with E-state index in [1.165, 1.54) is 0 Å². The molecule has 0 fully saturated rings.